The molecule has 0 aliphatic carbocycles. The van der Waals surface area contributed by atoms with Crippen molar-refractivity contribution in [3.63, 3.8) is 0 Å². The van der Waals surface area contributed by atoms with Gasteiger partial charge in [-0.3, -0.25) is 9.20 Å². The largest absolute Gasteiger partial charge is 0.327 e. The van der Waals surface area contributed by atoms with Crippen LogP contribution in [0.2, 0.25) is 0 Å². The van der Waals surface area contributed by atoms with Gasteiger partial charge in [0, 0.05) is 29.8 Å². The number of nitrogens with two attached hydrogens (primary N) is 1. The van der Waals surface area contributed by atoms with Crippen LogP contribution in [0.5, 0.6) is 0 Å². The molecular formula is C14H19N3OS. The fourth-order valence-electron chi connectivity index (χ4n) is 1.82. The molecule has 0 saturated carbocycles. The molecule has 5 heteroatoms. The highest BCUT2D eigenvalue weighted by atomic mass is 32.2. The lowest BCUT2D eigenvalue weighted by Crippen LogP contribution is -2.21. The Labute approximate surface area is 117 Å². The molecule has 2 heterocycles. The Morgan fingerprint density at radius 1 is 1.53 bits per heavy atom. The average molecular weight is 277 g/mol. The Morgan fingerprint density at radius 2 is 2.32 bits per heavy atom. The molecule has 2 N–H and O–H groups in total. The third-order valence-electron chi connectivity index (χ3n) is 3.05. The van der Waals surface area contributed by atoms with Crippen LogP contribution in [0.4, 0.5) is 0 Å². The Balaban J connectivity index is 2.21. The molecule has 1 unspecified atom stereocenters. The zero-order chi connectivity index (χ0) is 13.8. The maximum Gasteiger partial charge on any atom is 0.258 e. The molecule has 102 valence electrons. The monoisotopic (exact) mass is 277 g/mol. The van der Waals surface area contributed by atoms with Gasteiger partial charge in [-0.25, -0.2) is 4.98 Å². The zero-order valence-corrected chi connectivity index (χ0v) is 12.1. The predicted molar refractivity (Wildman–Crippen MR) is 80.6 cm³/mol. The Hall–Kier alpha value is -1.33. The quantitative estimate of drug-likeness (QED) is 0.907. The fraction of sp³-hybridized carbons (Fsp3) is 0.429. The van der Waals surface area contributed by atoms with E-state index in [0.29, 0.717) is 0 Å². The van der Waals surface area contributed by atoms with Crippen molar-refractivity contribution in [3.8, 4) is 0 Å². The Bertz CT molecular complexity index is 624. The van der Waals surface area contributed by atoms with Gasteiger partial charge in [-0.15, -0.1) is 0 Å². The minimum Gasteiger partial charge on any atom is -0.327 e. The fourth-order valence-corrected chi connectivity index (χ4v) is 2.83. The molecule has 0 radical (unpaired) electrons. The molecule has 1 atom stereocenters. The first-order valence-electron chi connectivity index (χ1n) is 6.43. The number of hydrogen-bond acceptors (Lipinski definition) is 4. The number of aryl methyl sites for hydroxylation is 1. The van der Waals surface area contributed by atoms with Crippen LogP contribution in [0.1, 0.15) is 24.6 Å². The van der Waals surface area contributed by atoms with Gasteiger partial charge >= 0.3 is 0 Å². The van der Waals surface area contributed by atoms with E-state index in [-0.39, 0.29) is 11.6 Å². The van der Waals surface area contributed by atoms with Crippen molar-refractivity contribution < 1.29 is 0 Å². The van der Waals surface area contributed by atoms with E-state index in [1.54, 1.807) is 28.4 Å². The van der Waals surface area contributed by atoms with E-state index in [1.807, 2.05) is 19.1 Å². The number of thioether (sulfide) groups is 1. The van der Waals surface area contributed by atoms with Crippen LogP contribution in [0, 0.1) is 6.92 Å². The van der Waals surface area contributed by atoms with Gasteiger partial charge in [0.15, 0.2) is 0 Å². The second-order valence-electron chi connectivity index (χ2n) is 4.65. The second kappa shape index (κ2) is 6.21. The number of hydrogen-bond donors (Lipinski definition) is 1. The summed E-state index contributed by atoms with van der Waals surface area (Å²) in [5.74, 6) is 1.62. The highest BCUT2D eigenvalue weighted by Gasteiger charge is 2.05. The van der Waals surface area contributed by atoms with Crippen molar-refractivity contribution in [1.82, 2.24) is 9.38 Å². The van der Waals surface area contributed by atoms with E-state index in [2.05, 4.69) is 11.9 Å². The van der Waals surface area contributed by atoms with E-state index < -0.39 is 0 Å². The van der Waals surface area contributed by atoms with E-state index >= 15 is 0 Å². The van der Waals surface area contributed by atoms with Crippen molar-refractivity contribution in [1.29, 1.82) is 0 Å². The van der Waals surface area contributed by atoms with Crippen LogP contribution < -0.4 is 11.3 Å². The third-order valence-corrected chi connectivity index (χ3v) is 4.21. The third kappa shape index (κ3) is 3.36. The smallest absolute Gasteiger partial charge is 0.258 e. The molecule has 4 nitrogen and oxygen atoms in total. The molecular weight excluding hydrogens is 258 g/mol. The van der Waals surface area contributed by atoms with Gasteiger partial charge in [0.05, 0.1) is 5.69 Å². The molecule has 2 aromatic heterocycles. The van der Waals surface area contributed by atoms with Crippen molar-refractivity contribution in [2.24, 2.45) is 5.73 Å². The molecule has 2 rings (SSSR count). The number of nitrogens with zero attached hydrogens (tertiary/aromatic N) is 2. The van der Waals surface area contributed by atoms with Gasteiger partial charge in [0.2, 0.25) is 0 Å². The van der Waals surface area contributed by atoms with Crippen LogP contribution in [-0.4, -0.2) is 21.2 Å². The number of aromatic nitrogens is 2. The van der Waals surface area contributed by atoms with E-state index in [1.165, 1.54) is 0 Å². The first kappa shape index (κ1) is 14.1. The molecule has 0 spiro atoms. The number of rotatable bonds is 5. The number of fused-ring (bicyclic) bond motifs is 1. The summed E-state index contributed by atoms with van der Waals surface area (Å²) in [4.78, 5) is 16.6. The maximum absolute atomic E-state index is 12.0. The van der Waals surface area contributed by atoms with Crippen molar-refractivity contribution >= 4 is 17.4 Å². The van der Waals surface area contributed by atoms with Gasteiger partial charge in [0.25, 0.3) is 5.56 Å². The van der Waals surface area contributed by atoms with Crippen LogP contribution in [0.15, 0.2) is 29.2 Å². The maximum atomic E-state index is 12.0. The summed E-state index contributed by atoms with van der Waals surface area (Å²) in [7, 11) is 0. The number of pyridine rings is 1. The summed E-state index contributed by atoms with van der Waals surface area (Å²) in [6.07, 6.45) is 2.72. The van der Waals surface area contributed by atoms with Crippen molar-refractivity contribution in [2.45, 2.75) is 32.1 Å². The summed E-state index contributed by atoms with van der Waals surface area (Å²) in [6.45, 7) is 4.04. The molecule has 0 aromatic carbocycles. The zero-order valence-electron chi connectivity index (χ0n) is 11.3. The lowest BCUT2D eigenvalue weighted by atomic mass is 10.3. The summed E-state index contributed by atoms with van der Waals surface area (Å²) in [5.41, 5.74) is 8.43. The molecule has 19 heavy (non-hydrogen) atoms. The van der Waals surface area contributed by atoms with Gasteiger partial charge in [0.1, 0.15) is 5.65 Å². The first-order chi connectivity index (χ1) is 9.11. The predicted octanol–water partition coefficient (Wildman–Crippen LogP) is 1.97. The molecule has 0 aliphatic rings. The SMILES string of the molecule is CCC(N)CSCc1cc(=O)n2cccc(C)c2n1. The molecule has 2 aromatic rings. The highest BCUT2D eigenvalue weighted by molar-refractivity contribution is 7.98. The van der Waals surface area contributed by atoms with Crippen molar-refractivity contribution in [3.05, 3.63) is 46.0 Å². The minimum atomic E-state index is -0.0240. The molecule has 0 aliphatic heterocycles. The summed E-state index contributed by atoms with van der Waals surface area (Å²) < 4.78 is 1.58. The molecule has 0 fully saturated rings. The van der Waals surface area contributed by atoms with Crippen molar-refractivity contribution in [2.75, 3.05) is 5.75 Å². The van der Waals surface area contributed by atoms with Crippen LogP contribution in [-0.2, 0) is 5.75 Å². The first-order valence-corrected chi connectivity index (χ1v) is 7.58. The van der Waals surface area contributed by atoms with Crippen LogP contribution >= 0.6 is 11.8 Å². The molecule has 0 bridgehead atoms. The summed E-state index contributed by atoms with van der Waals surface area (Å²) in [6, 6.07) is 5.65. The minimum absolute atomic E-state index is 0.0240. The van der Waals surface area contributed by atoms with Gasteiger partial charge in [-0.2, -0.15) is 11.8 Å². The Morgan fingerprint density at radius 3 is 3.05 bits per heavy atom. The lowest BCUT2D eigenvalue weighted by molar-refractivity contribution is 0.724. The molecule has 0 saturated heterocycles. The highest BCUT2D eigenvalue weighted by Crippen LogP contribution is 2.12. The van der Waals surface area contributed by atoms with E-state index in [0.717, 1.165) is 34.8 Å². The van der Waals surface area contributed by atoms with Crippen LogP contribution in [0.25, 0.3) is 5.65 Å². The normalized spacial score (nSPS) is 12.8. The summed E-state index contributed by atoms with van der Waals surface area (Å²) >= 11 is 1.73. The Kier molecular flexibility index (Phi) is 4.61. The average Bonchev–Trinajstić information content (AvgIpc) is 2.40. The second-order valence-corrected chi connectivity index (χ2v) is 5.68. The van der Waals surface area contributed by atoms with Gasteiger partial charge in [-0.05, 0) is 25.0 Å². The lowest BCUT2D eigenvalue weighted by Gasteiger charge is -2.08. The van der Waals surface area contributed by atoms with Gasteiger partial charge < -0.3 is 5.73 Å². The topological polar surface area (TPSA) is 60.4 Å². The van der Waals surface area contributed by atoms with E-state index in [9.17, 15) is 4.79 Å². The summed E-state index contributed by atoms with van der Waals surface area (Å²) in [5, 5.41) is 0. The van der Waals surface area contributed by atoms with Gasteiger partial charge in [-0.1, -0.05) is 13.0 Å². The van der Waals surface area contributed by atoms with Crippen LogP contribution in [0.3, 0.4) is 0 Å². The molecule has 0 amide bonds. The standard InChI is InChI=1S/C14H19N3OS/c1-3-11(15)8-19-9-12-7-13(18)17-6-4-5-10(2)14(17)16-12/h4-7,11H,3,8-9,15H2,1-2H3. The van der Waals surface area contributed by atoms with E-state index in [4.69, 9.17) is 5.73 Å².